The molecule has 2 rings (SSSR count). The van der Waals surface area contributed by atoms with Gasteiger partial charge in [0, 0.05) is 31.0 Å². The number of rotatable bonds is 3. The average molecular weight is 310 g/mol. The quantitative estimate of drug-likeness (QED) is 0.756. The smallest absolute Gasteiger partial charge is 0.244 e. The maximum absolute atomic E-state index is 12.5. The van der Waals surface area contributed by atoms with E-state index in [-0.39, 0.29) is 17.4 Å². The first-order valence-electron chi connectivity index (χ1n) is 6.68. The molecule has 6 nitrogen and oxygen atoms in total. The summed E-state index contributed by atoms with van der Waals surface area (Å²) >= 11 is 0. The van der Waals surface area contributed by atoms with E-state index >= 15 is 0 Å². The van der Waals surface area contributed by atoms with E-state index in [4.69, 9.17) is 5.11 Å². The lowest BCUT2D eigenvalue weighted by Crippen LogP contribution is -2.30. The van der Waals surface area contributed by atoms with Gasteiger partial charge in [0.05, 0.1) is 6.10 Å². The van der Waals surface area contributed by atoms with Gasteiger partial charge in [-0.15, -0.1) is 0 Å². The molecular weight excluding hydrogens is 292 g/mol. The number of pyridine rings is 1. The Balaban J connectivity index is 2.24. The molecule has 0 bridgehead atoms. The summed E-state index contributed by atoms with van der Waals surface area (Å²) in [6.07, 6.45) is 2.86. The molecule has 1 aromatic heterocycles. The maximum atomic E-state index is 12.5. The van der Waals surface area contributed by atoms with Crippen molar-refractivity contribution in [1.29, 1.82) is 0 Å². The summed E-state index contributed by atoms with van der Waals surface area (Å²) in [6, 6.07) is 1.45. The standard InChI is InChI=1S/C14H18N2O4S/c1-11(18)13-4-5-16(10-13)21(19,20)14-7-12(3-2-6-17)8-15-9-14/h7-9,11,13,17-18H,4-6,10H2,1H3. The van der Waals surface area contributed by atoms with E-state index in [2.05, 4.69) is 16.8 Å². The van der Waals surface area contributed by atoms with E-state index in [1.807, 2.05) is 0 Å². The minimum absolute atomic E-state index is 0.0369. The fourth-order valence-corrected chi connectivity index (χ4v) is 3.79. The molecular formula is C14H18N2O4S. The van der Waals surface area contributed by atoms with Gasteiger partial charge in [0.25, 0.3) is 0 Å². The van der Waals surface area contributed by atoms with Crippen molar-refractivity contribution in [2.75, 3.05) is 19.7 Å². The third kappa shape index (κ3) is 3.60. The Hall–Kier alpha value is -1.46. The van der Waals surface area contributed by atoms with Gasteiger partial charge in [-0.2, -0.15) is 4.31 Å². The number of nitrogens with zero attached hydrogens (tertiary/aromatic N) is 2. The third-order valence-corrected chi connectivity index (χ3v) is 5.36. The molecule has 1 aliphatic heterocycles. The van der Waals surface area contributed by atoms with Crippen molar-refractivity contribution in [2.24, 2.45) is 5.92 Å². The predicted octanol–water partition coefficient (Wildman–Crippen LogP) is -0.183. The van der Waals surface area contributed by atoms with Crippen LogP contribution < -0.4 is 0 Å². The molecule has 2 N–H and O–H groups in total. The number of hydrogen-bond donors (Lipinski definition) is 2. The van der Waals surface area contributed by atoms with Crippen molar-refractivity contribution < 1.29 is 18.6 Å². The molecule has 0 aliphatic carbocycles. The molecule has 0 amide bonds. The number of aliphatic hydroxyl groups is 2. The second kappa shape index (κ2) is 6.54. The van der Waals surface area contributed by atoms with Crippen LogP contribution in [0.2, 0.25) is 0 Å². The maximum Gasteiger partial charge on any atom is 0.244 e. The van der Waals surface area contributed by atoms with Crippen molar-refractivity contribution in [3.63, 3.8) is 0 Å². The van der Waals surface area contributed by atoms with E-state index < -0.39 is 16.1 Å². The fourth-order valence-electron chi connectivity index (χ4n) is 2.28. The molecule has 1 aromatic rings. The van der Waals surface area contributed by atoms with Crippen LogP contribution >= 0.6 is 0 Å². The normalized spacial score (nSPS) is 20.8. The number of sulfonamides is 1. The van der Waals surface area contributed by atoms with E-state index in [1.165, 1.54) is 22.8 Å². The minimum atomic E-state index is -3.62. The van der Waals surface area contributed by atoms with Gasteiger partial charge >= 0.3 is 0 Å². The van der Waals surface area contributed by atoms with Gasteiger partial charge in [-0.05, 0) is 25.3 Å². The molecule has 2 heterocycles. The average Bonchev–Trinajstić information content (AvgIpc) is 2.96. The molecule has 21 heavy (non-hydrogen) atoms. The van der Waals surface area contributed by atoms with Crippen LogP contribution in [0.1, 0.15) is 18.9 Å². The molecule has 1 fully saturated rings. The van der Waals surface area contributed by atoms with Crippen LogP contribution in [0.5, 0.6) is 0 Å². The topological polar surface area (TPSA) is 90.7 Å². The van der Waals surface area contributed by atoms with Crippen LogP contribution in [0.25, 0.3) is 0 Å². The zero-order valence-corrected chi connectivity index (χ0v) is 12.5. The van der Waals surface area contributed by atoms with E-state index in [0.29, 0.717) is 25.1 Å². The van der Waals surface area contributed by atoms with Crippen LogP contribution in [-0.2, 0) is 10.0 Å². The van der Waals surface area contributed by atoms with Crippen LogP contribution in [0.4, 0.5) is 0 Å². The molecule has 0 spiro atoms. The highest BCUT2D eigenvalue weighted by Gasteiger charge is 2.34. The molecule has 0 saturated carbocycles. The highest BCUT2D eigenvalue weighted by atomic mass is 32.2. The molecule has 1 saturated heterocycles. The highest BCUT2D eigenvalue weighted by molar-refractivity contribution is 7.89. The van der Waals surface area contributed by atoms with E-state index in [0.717, 1.165) is 0 Å². The van der Waals surface area contributed by atoms with Crippen molar-refractivity contribution >= 4 is 10.0 Å². The van der Waals surface area contributed by atoms with Crippen molar-refractivity contribution in [3.05, 3.63) is 24.0 Å². The lowest BCUT2D eigenvalue weighted by molar-refractivity contribution is 0.133. The molecule has 2 atom stereocenters. The zero-order valence-electron chi connectivity index (χ0n) is 11.7. The van der Waals surface area contributed by atoms with Gasteiger partial charge in [-0.25, -0.2) is 8.42 Å². The fraction of sp³-hybridized carbons (Fsp3) is 0.500. The third-order valence-electron chi connectivity index (χ3n) is 3.53. The Labute approximate surface area is 124 Å². The summed E-state index contributed by atoms with van der Waals surface area (Å²) < 4.78 is 26.4. The summed E-state index contributed by atoms with van der Waals surface area (Å²) in [6.45, 7) is 2.09. The summed E-state index contributed by atoms with van der Waals surface area (Å²) in [5.41, 5.74) is 0.441. The lowest BCUT2D eigenvalue weighted by Gasteiger charge is -2.17. The van der Waals surface area contributed by atoms with Crippen LogP contribution in [0.3, 0.4) is 0 Å². The van der Waals surface area contributed by atoms with Crippen LogP contribution in [0, 0.1) is 17.8 Å². The van der Waals surface area contributed by atoms with Gasteiger partial charge in [0.2, 0.25) is 10.0 Å². The first kappa shape index (κ1) is 15.9. The van der Waals surface area contributed by atoms with Crippen LogP contribution in [-0.4, -0.2) is 53.7 Å². The monoisotopic (exact) mass is 310 g/mol. The Morgan fingerprint density at radius 1 is 1.52 bits per heavy atom. The van der Waals surface area contributed by atoms with Crippen molar-refractivity contribution in [3.8, 4) is 11.8 Å². The minimum Gasteiger partial charge on any atom is -0.393 e. The lowest BCUT2D eigenvalue weighted by atomic mass is 10.0. The number of hydrogen-bond acceptors (Lipinski definition) is 5. The Morgan fingerprint density at radius 2 is 2.29 bits per heavy atom. The van der Waals surface area contributed by atoms with Gasteiger partial charge in [0.15, 0.2) is 0 Å². The largest absolute Gasteiger partial charge is 0.393 e. The highest BCUT2D eigenvalue weighted by Crippen LogP contribution is 2.26. The molecule has 0 aromatic carbocycles. The zero-order chi connectivity index (χ0) is 15.5. The Morgan fingerprint density at radius 3 is 2.90 bits per heavy atom. The molecule has 2 unspecified atom stereocenters. The van der Waals surface area contributed by atoms with Gasteiger partial charge in [-0.1, -0.05) is 11.8 Å². The van der Waals surface area contributed by atoms with Gasteiger partial charge in [-0.3, -0.25) is 4.98 Å². The summed E-state index contributed by atoms with van der Waals surface area (Å²) in [5.74, 6) is 5.06. The molecule has 7 heteroatoms. The van der Waals surface area contributed by atoms with Gasteiger partial charge < -0.3 is 10.2 Å². The molecule has 114 valence electrons. The summed E-state index contributed by atoms with van der Waals surface area (Å²) in [4.78, 5) is 3.97. The Bertz CT molecular complexity index is 661. The first-order chi connectivity index (χ1) is 9.95. The SMILES string of the molecule is CC(O)C1CCN(S(=O)(=O)c2cncc(C#CCO)c2)C1. The summed E-state index contributed by atoms with van der Waals surface area (Å²) in [7, 11) is -3.62. The van der Waals surface area contributed by atoms with Crippen LogP contribution in [0.15, 0.2) is 23.4 Å². The van der Waals surface area contributed by atoms with Gasteiger partial charge in [0.1, 0.15) is 11.5 Å². The Kier molecular flexibility index (Phi) is 4.96. The molecule has 1 aliphatic rings. The number of aliphatic hydroxyl groups excluding tert-OH is 2. The predicted molar refractivity (Wildman–Crippen MR) is 76.7 cm³/mol. The van der Waals surface area contributed by atoms with Crippen molar-refractivity contribution in [1.82, 2.24) is 9.29 Å². The number of aromatic nitrogens is 1. The van der Waals surface area contributed by atoms with E-state index in [1.54, 1.807) is 6.92 Å². The van der Waals surface area contributed by atoms with E-state index in [9.17, 15) is 13.5 Å². The van der Waals surface area contributed by atoms with Crippen molar-refractivity contribution in [2.45, 2.75) is 24.3 Å². The summed E-state index contributed by atoms with van der Waals surface area (Å²) in [5, 5.41) is 18.2. The second-order valence-corrected chi connectivity index (χ2v) is 6.96. The first-order valence-corrected chi connectivity index (χ1v) is 8.12. The molecule has 0 radical (unpaired) electrons. The second-order valence-electron chi connectivity index (χ2n) is 5.02.